The maximum absolute atomic E-state index is 13.6. The molecule has 0 spiro atoms. The first-order chi connectivity index (χ1) is 9.13. The van der Waals surface area contributed by atoms with Crippen LogP contribution in [0.5, 0.6) is 5.75 Å². The lowest BCUT2D eigenvalue weighted by Crippen LogP contribution is -2.43. The fraction of sp³-hybridized carbons (Fsp3) is 0.500. The molecule has 1 heterocycles. The second kappa shape index (κ2) is 6.02. The standard InChI is InChI=1S/C14H19FN2O2/c1-17(11-5-7-16-8-6-11)14(18)10-3-4-13(19-2)12(15)9-10/h3-4,9,11,16H,5-8H2,1-2H3. The highest BCUT2D eigenvalue weighted by Gasteiger charge is 2.23. The van der Waals surface area contributed by atoms with Gasteiger partial charge in [0.15, 0.2) is 11.6 Å². The topological polar surface area (TPSA) is 41.6 Å². The number of halogens is 1. The van der Waals surface area contributed by atoms with Gasteiger partial charge in [0, 0.05) is 18.7 Å². The second-order valence-electron chi connectivity index (χ2n) is 4.75. The van der Waals surface area contributed by atoms with Gasteiger partial charge in [-0.05, 0) is 44.1 Å². The van der Waals surface area contributed by atoms with Crippen molar-refractivity contribution in [2.24, 2.45) is 0 Å². The predicted octanol–water partition coefficient (Wildman–Crippen LogP) is 1.66. The molecule has 2 rings (SSSR count). The monoisotopic (exact) mass is 266 g/mol. The van der Waals surface area contributed by atoms with Crippen LogP contribution in [0.4, 0.5) is 4.39 Å². The number of ether oxygens (including phenoxy) is 1. The fourth-order valence-corrected chi connectivity index (χ4v) is 2.36. The van der Waals surface area contributed by atoms with E-state index < -0.39 is 5.82 Å². The van der Waals surface area contributed by atoms with Crippen LogP contribution in [0.25, 0.3) is 0 Å². The van der Waals surface area contributed by atoms with Crippen molar-refractivity contribution >= 4 is 5.91 Å². The predicted molar refractivity (Wildman–Crippen MR) is 70.9 cm³/mol. The number of carbonyl (C=O) groups excluding carboxylic acids is 1. The van der Waals surface area contributed by atoms with E-state index in [4.69, 9.17) is 4.74 Å². The molecule has 1 saturated heterocycles. The molecule has 0 radical (unpaired) electrons. The maximum atomic E-state index is 13.6. The highest BCUT2D eigenvalue weighted by atomic mass is 19.1. The lowest BCUT2D eigenvalue weighted by molar-refractivity contribution is 0.0702. The molecule has 1 fully saturated rings. The van der Waals surface area contributed by atoms with Gasteiger partial charge in [-0.3, -0.25) is 4.79 Å². The third kappa shape index (κ3) is 3.04. The first-order valence-corrected chi connectivity index (χ1v) is 6.45. The summed E-state index contributed by atoms with van der Waals surface area (Å²) in [6.45, 7) is 1.83. The van der Waals surface area contributed by atoms with E-state index in [9.17, 15) is 9.18 Å². The minimum atomic E-state index is -0.507. The summed E-state index contributed by atoms with van der Waals surface area (Å²) < 4.78 is 18.5. The molecule has 1 aromatic rings. The van der Waals surface area contributed by atoms with Crippen LogP contribution in [0.15, 0.2) is 18.2 Å². The summed E-state index contributed by atoms with van der Waals surface area (Å²) in [6.07, 6.45) is 1.86. The molecule has 1 aromatic carbocycles. The van der Waals surface area contributed by atoms with E-state index in [2.05, 4.69) is 5.32 Å². The van der Waals surface area contributed by atoms with E-state index in [0.29, 0.717) is 5.56 Å². The number of hydrogen-bond acceptors (Lipinski definition) is 3. The van der Waals surface area contributed by atoms with Gasteiger partial charge in [-0.2, -0.15) is 0 Å². The lowest BCUT2D eigenvalue weighted by atomic mass is 10.0. The third-order valence-electron chi connectivity index (χ3n) is 3.58. The van der Waals surface area contributed by atoms with Gasteiger partial charge in [-0.25, -0.2) is 4.39 Å². The van der Waals surface area contributed by atoms with Crippen molar-refractivity contribution in [3.05, 3.63) is 29.6 Å². The Morgan fingerprint density at radius 3 is 2.68 bits per heavy atom. The Hall–Kier alpha value is -1.62. The van der Waals surface area contributed by atoms with Crippen molar-refractivity contribution in [1.82, 2.24) is 10.2 Å². The van der Waals surface area contributed by atoms with Gasteiger partial charge in [-0.15, -0.1) is 0 Å². The largest absolute Gasteiger partial charge is 0.494 e. The summed E-state index contributed by atoms with van der Waals surface area (Å²) in [4.78, 5) is 14.0. The quantitative estimate of drug-likeness (QED) is 0.904. The number of benzene rings is 1. The van der Waals surface area contributed by atoms with E-state index in [-0.39, 0.29) is 17.7 Å². The zero-order valence-corrected chi connectivity index (χ0v) is 11.3. The van der Waals surface area contributed by atoms with Gasteiger partial charge in [0.05, 0.1) is 7.11 Å². The van der Waals surface area contributed by atoms with Gasteiger partial charge in [0.1, 0.15) is 0 Å². The Morgan fingerprint density at radius 1 is 1.42 bits per heavy atom. The van der Waals surface area contributed by atoms with Crippen molar-refractivity contribution in [3.63, 3.8) is 0 Å². The van der Waals surface area contributed by atoms with Gasteiger partial charge >= 0.3 is 0 Å². The molecular weight excluding hydrogens is 247 g/mol. The van der Waals surface area contributed by atoms with Crippen molar-refractivity contribution in [1.29, 1.82) is 0 Å². The van der Waals surface area contributed by atoms with Gasteiger partial charge < -0.3 is 15.0 Å². The van der Waals surface area contributed by atoms with Crippen molar-refractivity contribution in [2.45, 2.75) is 18.9 Å². The summed E-state index contributed by atoms with van der Waals surface area (Å²) in [5, 5.41) is 3.26. The van der Waals surface area contributed by atoms with Crippen molar-refractivity contribution < 1.29 is 13.9 Å². The molecule has 0 bridgehead atoms. The lowest BCUT2D eigenvalue weighted by Gasteiger charge is -2.31. The first-order valence-electron chi connectivity index (χ1n) is 6.45. The Balaban J connectivity index is 2.12. The van der Waals surface area contributed by atoms with Crippen LogP contribution in [0.2, 0.25) is 0 Å². The van der Waals surface area contributed by atoms with E-state index >= 15 is 0 Å². The normalized spacial score (nSPS) is 16.2. The van der Waals surface area contributed by atoms with Crippen LogP contribution in [0.1, 0.15) is 23.2 Å². The Bertz CT molecular complexity index is 459. The molecule has 104 valence electrons. The molecule has 4 nitrogen and oxygen atoms in total. The molecule has 0 unspecified atom stereocenters. The molecule has 1 aliphatic heterocycles. The zero-order chi connectivity index (χ0) is 13.8. The molecule has 0 aliphatic carbocycles. The molecule has 1 aliphatic rings. The molecule has 1 N–H and O–H groups in total. The number of amides is 1. The van der Waals surface area contributed by atoms with Crippen molar-refractivity contribution in [3.8, 4) is 5.75 Å². The fourth-order valence-electron chi connectivity index (χ4n) is 2.36. The van der Waals surface area contributed by atoms with E-state index in [0.717, 1.165) is 25.9 Å². The first kappa shape index (κ1) is 13.8. The summed E-state index contributed by atoms with van der Waals surface area (Å²) in [5.41, 5.74) is 0.360. The van der Waals surface area contributed by atoms with Crippen LogP contribution < -0.4 is 10.1 Å². The summed E-state index contributed by atoms with van der Waals surface area (Å²) in [6, 6.07) is 4.54. The van der Waals surface area contributed by atoms with Crippen LogP contribution >= 0.6 is 0 Å². The van der Waals surface area contributed by atoms with Crippen LogP contribution in [0.3, 0.4) is 0 Å². The van der Waals surface area contributed by atoms with E-state index in [1.54, 1.807) is 18.0 Å². The van der Waals surface area contributed by atoms with E-state index in [1.165, 1.54) is 19.2 Å². The molecule has 19 heavy (non-hydrogen) atoms. The average molecular weight is 266 g/mol. The van der Waals surface area contributed by atoms with Crippen LogP contribution in [-0.4, -0.2) is 44.1 Å². The summed E-state index contributed by atoms with van der Waals surface area (Å²) in [7, 11) is 3.18. The maximum Gasteiger partial charge on any atom is 0.253 e. The number of carbonyl (C=O) groups is 1. The highest BCUT2D eigenvalue weighted by molar-refractivity contribution is 5.94. The summed E-state index contributed by atoms with van der Waals surface area (Å²) in [5.74, 6) is -0.499. The van der Waals surface area contributed by atoms with Gasteiger partial charge in [0.25, 0.3) is 5.91 Å². The second-order valence-corrected chi connectivity index (χ2v) is 4.75. The number of nitrogens with one attached hydrogen (secondary N) is 1. The Morgan fingerprint density at radius 2 is 2.11 bits per heavy atom. The molecule has 0 aromatic heterocycles. The zero-order valence-electron chi connectivity index (χ0n) is 11.3. The molecule has 1 amide bonds. The van der Waals surface area contributed by atoms with E-state index in [1.807, 2.05) is 0 Å². The van der Waals surface area contributed by atoms with Gasteiger partial charge in [-0.1, -0.05) is 0 Å². The average Bonchev–Trinajstić information content (AvgIpc) is 2.46. The molecular formula is C14H19FN2O2. The van der Waals surface area contributed by atoms with Gasteiger partial charge in [0.2, 0.25) is 0 Å². The molecule has 5 heteroatoms. The third-order valence-corrected chi connectivity index (χ3v) is 3.58. The number of nitrogens with zero attached hydrogens (tertiary/aromatic N) is 1. The number of hydrogen-bond donors (Lipinski definition) is 1. The van der Waals surface area contributed by atoms with Crippen LogP contribution in [-0.2, 0) is 0 Å². The number of methoxy groups -OCH3 is 1. The number of rotatable bonds is 3. The Kier molecular flexibility index (Phi) is 4.37. The van der Waals surface area contributed by atoms with Crippen molar-refractivity contribution in [2.75, 3.05) is 27.2 Å². The number of piperidine rings is 1. The Labute approximate surface area is 112 Å². The summed E-state index contributed by atoms with van der Waals surface area (Å²) >= 11 is 0. The minimum absolute atomic E-state index is 0.145. The molecule has 0 atom stereocenters. The van der Waals surface area contributed by atoms with Crippen LogP contribution in [0, 0.1) is 5.82 Å². The minimum Gasteiger partial charge on any atom is -0.494 e. The highest BCUT2D eigenvalue weighted by Crippen LogP contribution is 2.20. The SMILES string of the molecule is COc1ccc(C(=O)N(C)C2CCNCC2)cc1F. The molecule has 0 saturated carbocycles. The smallest absolute Gasteiger partial charge is 0.253 e.